The first-order chi connectivity index (χ1) is 9.20. The average molecular weight is 260 g/mol. The molecular weight excluding hydrogens is 236 g/mol. The van der Waals surface area contributed by atoms with Crippen molar-refractivity contribution in [3.63, 3.8) is 0 Å². The molecule has 1 saturated heterocycles. The molecule has 1 aromatic rings. The number of hydrogen-bond acceptors (Lipinski definition) is 2. The van der Waals surface area contributed by atoms with Crippen molar-refractivity contribution in [3.05, 3.63) is 35.9 Å². The monoisotopic (exact) mass is 260 g/mol. The minimum Gasteiger partial charge on any atom is -0.349 e. The molecule has 1 aliphatic rings. The van der Waals surface area contributed by atoms with Gasteiger partial charge in [0.2, 0.25) is 5.91 Å². The van der Waals surface area contributed by atoms with Crippen LogP contribution in [0.5, 0.6) is 0 Å². The number of benzene rings is 1. The fraction of sp³-hybridized carbons (Fsp3) is 0.562. The van der Waals surface area contributed by atoms with Crippen molar-refractivity contribution in [1.29, 1.82) is 0 Å². The highest BCUT2D eigenvalue weighted by Gasteiger charge is 2.25. The van der Waals surface area contributed by atoms with Crippen LogP contribution in [0.25, 0.3) is 0 Å². The second-order valence-electron chi connectivity index (χ2n) is 5.48. The molecule has 0 bridgehead atoms. The number of likely N-dealkylation sites (tertiary alicyclic amines) is 1. The number of hydrogen-bond donors (Lipinski definition) is 1. The van der Waals surface area contributed by atoms with E-state index in [-0.39, 0.29) is 17.9 Å². The Morgan fingerprint density at radius 1 is 1.42 bits per heavy atom. The zero-order chi connectivity index (χ0) is 13.7. The molecule has 2 unspecified atom stereocenters. The van der Waals surface area contributed by atoms with E-state index in [0.29, 0.717) is 0 Å². The Kier molecular flexibility index (Phi) is 4.97. The molecule has 3 heteroatoms. The van der Waals surface area contributed by atoms with Crippen molar-refractivity contribution in [2.45, 2.75) is 32.2 Å². The van der Waals surface area contributed by atoms with Gasteiger partial charge in [-0.3, -0.25) is 4.79 Å². The summed E-state index contributed by atoms with van der Waals surface area (Å²) in [6.07, 6.45) is 3.07. The van der Waals surface area contributed by atoms with Gasteiger partial charge in [-0.25, -0.2) is 0 Å². The van der Waals surface area contributed by atoms with Crippen LogP contribution in [0.3, 0.4) is 0 Å². The summed E-state index contributed by atoms with van der Waals surface area (Å²) < 4.78 is 0. The highest BCUT2D eigenvalue weighted by molar-refractivity contribution is 5.79. The summed E-state index contributed by atoms with van der Waals surface area (Å²) in [7, 11) is 2.09. The van der Waals surface area contributed by atoms with Crippen LogP contribution in [0.15, 0.2) is 30.3 Å². The number of carbonyl (C=O) groups excluding carboxylic acids is 1. The second kappa shape index (κ2) is 6.71. The quantitative estimate of drug-likeness (QED) is 0.902. The molecule has 0 saturated carbocycles. The first-order valence-electron chi connectivity index (χ1n) is 7.24. The molecule has 1 aromatic carbocycles. The van der Waals surface area contributed by atoms with Crippen molar-refractivity contribution in [2.75, 3.05) is 20.1 Å². The van der Waals surface area contributed by atoms with Gasteiger partial charge in [0, 0.05) is 6.54 Å². The predicted octanol–water partition coefficient (Wildman–Crippen LogP) is 2.60. The summed E-state index contributed by atoms with van der Waals surface area (Å²) in [6, 6.07) is 10.4. The lowest BCUT2D eigenvalue weighted by Crippen LogP contribution is -2.42. The van der Waals surface area contributed by atoms with Crippen LogP contribution in [0.2, 0.25) is 0 Å². The molecule has 0 aliphatic carbocycles. The van der Waals surface area contributed by atoms with Gasteiger partial charge < -0.3 is 10.2 Å². The molecule has 3 nitrogen and oxygen atoms in total. The molecule has 1 N–H and O–H groups in total. The smallest absolute Gasteiger partial charge is 0.224 e. The molecule has 19 heavy (non-hydrogen) atoms. The van der Waals surface area contributed by atoms with E-state index in [0.717, 1.165) is 32.4 Å². The number of nitrogens with one attached hydrogen (secondary N) is 1. The average Bonchev–Trinajstić information content (AvgIpc) is 2.45. The maximum absolute atomic E-state index is 12.3. The predicted molar refractivity (Wildman–Crippen MR) is 77.8 cm³/mol. The summed E-state index contributed by atoms with van der Waals surface area (Å²) >= 11 is 0. The zero-order valence-electron chi connectivity index (χ0n) is 11.9. The Bertz CT molecular complexity index is 404. The number of carbonyl (C=O) groups is 1. The Morgan fingerprint density at radius 2 is 2.16 bits per heavy atom. The van der Waals surface area contributed by atoms with E-state index in [1.807, 2.05) is 18.2 Å². The summed E-state index contributed by atoms with van der Waals surface area (Å²) in [5.74, 6) is 0.360. The first kappa shape index (κ1) is 14.1. The minimum absolute atomic E-state index is 0.140. The minimum atomic E-state index is 0.140. The highest BCUT2D eigenvalue weighted by atomic mass is 16.2. The van der Waals surface area contributed by atoms with Gasteiger partial charge in [-0.05, 0) is 38.4 Å². The van der Waals surface area contributed by atoms with E-state index in [2.05, 4.69) is 36.3 Å². The van der Waals surface area contributed by atoms with Gasteiger partial charge in [0.1, 0.15) is 0 Å². The number of piperidine rings is 1. The Morgan fingerprint density at radius 3 is 2.79 bits per heavy atom. The first-order valence-corrected chi connectivity index (χ1v) is 7.24. The molecule has 0 aromatic heterocycles. The molecule has 2 rings (SSSR count). The van der Waals surface area contributed by atoms with Gasteiger partial charge in [-0.15, -0.1) is 0 Å². The van der Waals surface area contributed by atoms with Crippen molar-refractivity contribution < 1.29 is 4.79 Å². The Hall–Kier alpha value is -1.35. The largest absolute Gasteiger partial charge is 0.349 e. The van der Waals surface area contributed by atoms with Gasteiger partial charge in [0.25, 0.3) is 0 Å². The summed E-state index contributed by atoms with van der Waals surface area (Å²) in [5.41, 5.74) is 1.20. The van der Waals surface area contributed by atoms with E-state index < -0.39 is 0 Å². The van der Waals surface area contributed by atoms with Crippen molar-refractivity contribution in [3.8, 4) is 0 Å². The van der Waals surface area contributed by atoms with Crippen LogP contribution >= 0.6 is 0 Å². The van der Waals surface area contributed by atoms with Gasteiger partial charge in [0.15, 0.2) is 0 Å². The van der Waals surface area contributed by atoms with Crippen LogP contribution in [0.4, 0.5) is 0 Å². The standard InChI is InChI=1S/C16H24N2O/c1-3-15(13-8-5-4-6-9-13)17-16(19)14-10-7-11-18(2)12-14/h4-6,8-9,14-15H,3,7,10-12H2,1-2H3,(H,17,19). The lowest BCUT2D eigenvalue weighted by Gasteiger charge is -2.30. The molecule has 104 valence electrons. The van der Waals surface area contributed by atoms with Crippen molar-refractivity contribution in [1.82, 2.24) is 10.2 Å². The normalized spacial score (nSPS) is 21.9. The maximum atomic E-state index is 12.3. The van der Waals surface area contributed by atoms with Crippen LogP contribution < -0.4 is 5.32 Å². The SMILES string of the molecule is CCC(NC(=O)C1CCCN(C)C1)c1ccccc1. The summed E-state index contributed by atoms with van der Waals surface area (Å²) in [6.45, 7) is 4.11. The molecule has 1 fully saturated rings. The molecule has 2 atom stereocenters. The van der Waals surface area contributed by atoms with E-state index in [9.17, 15) is 4.79 Å². The molecule has 1 aliphatic heterocycles. The van der Waals surface area contributed by atoms with Gasteiger partial charge in [-0.2, -0.15) is 0 Å². The summed E-state index contributed by atoms with van der Waals surface area (Å²) in [4.78, 5) is 14.6. The Balaban J connectivity index is 1.96. The third-order valence-electron chi connectivity index (χ3n) is 3.92. The Labute approximate surface area is 116 Å². The number of amides is 1. The fourth-order valence-corrected chi connectivity index (χ4v) is 2.78. The van der Waals surface area contributed by atoms with E-state index in [1.165, 1.54) is 5.56 Å². The molecule has 1 heterocycles. The van der Waals surface area contributed by atoms with Gasteiger partial charge in [-0.1, -0.05) is 37.3 Å². The molecular formula is C16H24N2O. The lowest BCUT2D eigenvalue weighted by molar-refractivity contribution is -0.127. The topological polar surface area (TPSA) is 32.3 Å². The van der Waals surface area contributed by atoms with E-state index >= 15 is 0 Å². The third kappa shape index (κ3) is 3.80. The van der Waals surface area contributed by atoms with Crippen LogP contribution in [0.1, 0.15) is 37.8 Å². The lowest BCUT2D eigenvalue weighted by atomic mass is 9.96. The van der Waals surface area contributed by atoms with E-state index in [1.54, 1.807) is 0 Å². The zero-order valence-corrected chi connectivity index (χ0v) is 11.9. The van der Waals surface area contributed by atoms with Gasteiger partial charge >= 0.3 is 0 Å². The molecule has 1 amide bonds. The van der Waals surface area contributed by atoms with E-state index in [4.69, 9.17) is 0 Å². The maximum Gasteiger partial charge on any atom is 0.224 e. The van der Waals surface area contributed by atoms with Crippen LogP contribution in [-0.4, -0.2) is 30.9 Å². The van der Waals surface area contributed by atoms with Crippen LogP contribution in [-0.2, 0) is 4.79 Å². The second-order valence-corrected chi connectivity index (χ2v) is 5.48. The van der Waals surface area contributed by atoms with Crippen LogP contribution in [0, 0.1) is 5.92 Å². The van der Waals surface area contributed by atoms with Crippen molar-refractivity contribution >= 4 is 5.91 Å². The molecule has 0 radical (unpaired) electrons. The highest BCUT2D eigenvalue weighted by Crippen LogP contribution is 2.20. The number of rotatable bonds is 4. The molecule has 0 spiro atoms. The third-order valence-corrected chi connectivity index (χ3v) is 3.92. The van der Waals surface area contributed by atoms with Crippen molar-refractivity contribution in [2.24, 2.45) is 5.92 Å². The summed E-state index contributed by atoms with van der Waals surface area (Å²) in [5, 5.41) is 3.21. The number of nitrogens with zero attached hydrogens (tertiary/aromatic N) is 1. The van der Waals surface area contributed by atoms with Gasteiger partial charge in [0.05, 0.1) is 12.0 Å². The fourth-order valence-electron chi connectivity index (χ4n) is 2.78.